The molecule has 0 aliphatic heterocycles. The first kappa shape index (κ1) is 20.2. The Morgan fingerprint density at radius 1 is 1.28 bits per heavy atom. The summed E-state index contributed by atoms with van der Waals surface area (Å²) in [5.41, 5.74) is 5.50. The van der Waals surface area contributed by atoms with Crippen LogP contribution in [0.15, 0.2) is 39.7 Å². The van der Waals surface area contributed by atoms with Crippen LogP contribution < -0.4 is 0 Å². The number of rotatable bonds is 5. The number of benzene rings is 1. The number of furan rings is 1. The van der Waals surface area contributed by atoms with E-state index in [-0.39, 0.29) is 5.97 Å². The number of hydrogen-bond acceptors (Lipinski definition) is 5. The van der Waals surface area contributed by atoms with Gasteiger partial charge in [-0.1, -0.05) is 6.07 Å². The van der Waals surface area contributed by atoms with Crippen LogP contribution in [-0.2, 0) is 4.74 Å². The number of carbonyl (C=O) groups excluding carboxylic acids is 1. The zero-order valence-electron chi connectivity index (χ0n) is 17.2. The van der Waals surface area contributed by atoms with Crippen molar-refractivity contribution in [3.63, 3.8) is 0 Å². The molecule has 3 aromatic rings. The first-order valence-corrected chi connectivity index (χ1v) is 9.38. The van der Waals surface area contributed by atoms with Crippen molar-refractivity contribution in [3.05, 3.63) is 69.7 Å². The Hall–Kier alpha value is -3.59. The third kappa shape index (κ3) is 3.85. The molecule has 0 spiro atoms. The molecule has 0 unspecified atom stereocenters. The van der Waals surface area contributed by atoms with Gasteiger partial charge in [0, 0.05) is 34.4 Å². The minimum Gasteiger partial charge on any atom is -0.462 e. The van der Waals surface area contributed by atoms with Crippen molar-refractivity contribution in [3.8, 4) is 11.8 Å². The highest BCUT2D eigenvalue weighted by Gasteiger charge is 2.15. The monoisotopic (exact) mass is 389 g/mol. The normalized spacial score (nSPS) is 11.0. The molecule has 0 N–H and O–H groups in total. The molecule has 0 aliphatic carbocycles. The summed E-state index contributed by atoms with van der Waals surface area (Å²) >= 11 is 0. The Balaban J connectivity index is 1.98. The Morgan fingerprint density at radius 2 is 2.03 bits per heavy atom. The summed E-state index contributed by atoms with van der Waals surface area (Å²) in [5, 5.41) is 9.34. The van der Waals surface area contributed by atoms with Crippen LogP contribution in [0.1, 0.15) is 51.1 Å². The average molecular weight is 389 g/mol. The zero-order chi connectivity index (χ0) is 21.1. The van der Waals surface area contributed by atoms with Gasteiger partial charge >= 0.3 is 5.97 Å². The maximum atomic E-state index is 12.1. The summed E-state index contributed by atoms with van der Waals surface area (Å²) in [5.74, 6) is 0.665. The molecule has 0 saturated heterocycles. The van der Waals surface area contributed by atoms with Gasteiger partial charge in [-0.2, -0.15) is 5.26 Å². The molecule has 0 saturated carbocycles. The topological polar surface area (TPSA) is 80.5 Å². The number of nitrogens with zero attached hydrogens (tertiary/aromatic N) is 3. The van der Waals surface area contributed by atoms with Gasteiger partial charge in [0.1, 0.15) is 17.4 Å². The third-order valence-corrected chi connectivity index (χ3v) is 4.89. The molecule has 0 bridgehead atoms. The predicted molar refractivity (Wildman–Crippen MR) is 111 cm³/mol. The lowest BCUT2D eigenvalue weighted by Gasteiger charge is -2.11. The summed E-state index contributed by atoms with van der Waals surface area (Å²) < 4.78 is 12.8. The van der Waals surface area contributed by atoms with Crippen LogP contribution in [0.4, 0.5) is 5.88 Å². The van der Waals surface area contributed by atoms with Gasteiger partial charge in [-0.3, -0.25) is 0 Å². The highest BCUT2D eigenvalue weighted by molar-refractivity contribution is 5.90. The smallest absolute Gasteiger partial charge is 0.338 e. The summed E-state index contributed by atoms with van der Waals surface area (Å²) in [6, 6.07) is 11.5. The van der Waals surface area contributed by atoms with E-state index in [0.717, 1.165) is 28.2 Å². The van der Waals surface area contributed by atoms with Crippen molar-refractivity contribution in [1.29, 1.82) is 5.26 Å². The summed E-state index contributed by atoms with van der Waals surface area (Å²) in [6.45, 7) is 9.75. The molecule has 2 heterocycles. The maximum absolute atomic E-state index is 12.1. The largest absolute Gasteiger partial charge is 0.462 e. The Labute approximate surface area is 170 Å². The molecule has 6 nitrogen and oxygen atoms in total. The van der Waals surface area contributed by atoms with Crippen LogP contribution in [0, 0.1) is 39.0 Å². The molecule has 6 heteroatoms. The second-order valence-corrected chi connectivity index (χ2v) is 6.77. The molecule has 3 rings (SSSR count). The maximum Gasteiger partial charge on any atom is 0.338 e. The van der Waals surface area contributed by atoms with Crippen molar-refractivity contribution < 1.29 is 13.9 Å². The molecule has 0 fully saturated rings. The van der Waals surface area contributed by atoms with Gasteiger partial charge < -0.3 is 13.7 Å². The van der Waals surface area contributed by atoms with E-state index in [0.29, 0.717) is 29.4 Å². The van der Waals surface area contributed by atoms with Crippen molar-refractivity contribution in [1.82, 2.24) is 4.57 Å². The molecule has 29 heavy (non-hydrogen) atoms. The first-order chi connectivity index (χ1) is 13.9. The fourth-order valence-corrected chi connectivity index (χ4v) is 3.26. The van der Waals surface area contributed by atoms with Gasteiger partial charge in [0.2, 0.25) is 5.88 Å². The van der Waals surface area contributed by atoms with Gasteiger partial charge in [0.25, 0.3) is 0 Å². The minimum absolute atomic E-state index is 0.316. The number of hydrogen-bond donors (Lipinski definition) is 0. The Bertz CT molecular complexity index is 1140. The standard InChI is InChI=1S/C23H23N3O3/c1-6-28-23(27)18-8-7-9-20(11-18)26-14(2)10-19(16(26)4)13-25-22-21(12-24)15(3)17(5)29-22/h7-11,13H,6H2,1-5H3. The van der Waals surface area contributed by atoms with Gasteiger partial charge in [-0.25, -0.2) is 9.79 Å². The fraction of sp³-hybridized carbons (Fsp3) is 0.261. The number of nitriles is 1. The minimum atomic E-state index is -0.341. The van der Waals surface area contributed by atoms with Crippen LogP contribution in [0.25, 0.3) is 5.69 Å². The summed E-state index contributed by atoms with van der Waals surface area (Å²) in [6.07, 6.45) is 1.70. The molecule has 0 aliphatic rings. The van der Waals surface area contributed by atoms with E-state index < -0.39 is 0 Å². The van der Waals surface area contributed by atoms with Gasteiger partial charge in [0.15, 0.2) is 0 Å². The Kier molecular flexibility index (Phi) is 5.69. The fourth-order valence-electron chi connectivity index (χ4n) is 3.26. The Morgan fingerprint density at radius 3 is 2.72 bits per heavy atom. The molecular weight excluding hydrogens is 366 g/mol. The molecule has 0 atom stereocenters. The average Bonchev–Trinajstić information content (AvgIpc) is 3.14. The lowest BCUT2D eigenvalue weighted by Crippen LogP contribution is -2.06. The van der Waals surface area contributed by atoms with Crippen LogP contribution in [0.2, 0.25) is 0 Å². The van der Waals surface area contributed by atoms with E-state index in [1.54, 1.807) is 19.2 Å². The SMILES string of the molecule is CCOC(=O)c1cccc(-n2c(C)cc(C=Nc3oc(C)c(C)c3C#N)c2C)c1. The van der Waals surface area contributed by atoms with Gasteiger partial charge in [-0.15, -0.1) is 0 Å². The molecular formula is C23H23N3O3. The van der Waals surface area contributed by atoms with Crippen LogP contribution >= 0.6 is 0 Å². The second-order valence-electron chi connectivity index (χ2n) is 6.77. The quantitative estimate of drug-likeness (QED) is 0.449. The third-order valence-electron chi connectivity index (χ3n) is 4.89. The van der Waals surface area contributed by atoms with E-state index in [2.05, 4.69) is 11.1 Å². The number of ether oxygens (including phenoxy) is 1. The molecule has 2 aromatic heterocycles. The van der Waals surface area contributed by atoms with Gasteiger partial charge in [-0.05, 0) is 58.9 Å². The number of aliphatic imine (C=N–C) groups is 1. The van der Waals surface area contributed by atoms with E-state index >= 15 is 0 Å². The van der Waals surface area contributed by atoms with Crippen molar-refractivity contribution in [2.75, 3.05) is 6.61 Å². The molecule has 0 amide bonds. The van der Waals surface area contributed by atoms with E-state index in [1.165, 1.54) is 0 Å². The number of esters is 1. The molecule has 0 radical (unpaired) electrons. The van der Waals surface area contributed by atoms with E-state index in [1.807, 2.05) is 56.5 Å². The van der Waals surface area contributed by atoms with Gasteiger partial charge in [0.05, 0.1) is 12.2 Å². The summed E-state index contributed by atoms with van der Waals surface area (Å²) in [7, 11) is 0. The van der Waals surface area contributed by atoms with Crippen LogP contribution in [0.3, 0.4) is 0 Å². The number of aromatic nitrogens is 1. The van der Waals surface area contributed by atoms with E-state index in [4.69, 9.17) is 9.15 Å². The zero-order valence-corrected chi connectivity index (χ0v) is 17.2. The number of carbonyl (C=O) groups is 1. The van der Waals surface area contributed by atoms with Crippen LogP contribution in [0.5, 0.6) is 0 Å². The van der Waals surface area contributed by atoms with E-state index in [9.17, 15) is 10.1 Å². The van der Waals surface area contributed by atoms with Crippen LogP contribution in [-0.4, -0.2) is 23.4 Å². The number of aryl methyl sites for hydroxylation is 2. The van der Waals surface area contributed by atoms with Crippen molar-refractivity contribution in [2.24, 2.45) is 4.99 Å². The predicted octanol–water partition coefficient (Wildman–Crippen LogP) is 5.10. The lowest BCUT2D eigenvalue weighted by atomic mass is 10.2. The highest BCUT2D eigenvalue weighted by Crippen LogP contribution is 2.28. The van der Waals surface area contributed by atoms with Crippen molar-refractivity contribution in [2.45, 2.75) is 34.6 Å². The molecule has 1 aromatic carbocycles. The molecule has 148 valence electrons. The first-order valence-electron chi connectivity index (χ1n) is 9.38. The second kappa shape index (κ2) is 8.19. The highest BCUT2D eigenvalue weighted by atomic mass is 16.5. The van der Waals surface area contributed by atoms with Crippen molar-refractivity contribution >= 4 is 18.1 Å². The summed E-state index contributed by atoms with van der Waals surface area (Å²) in [4.78, 5) is 16.5. The lowest BCUT2D eigenvalue weighted by molar-refractivity contribution is 0.0526.